The van der Waals surface area contributed by atoms with Gasteiger partial charge in [-0.1, -0.05) is 36.4 Å². The van der Waals surface area contributed by atoms with Gasteiger partial charge in [-0.2, -0.15) is 13.2 Å². The number of halogens is 3. The van der Waals surface area contributed by atoms with Crippen LogP contribution in [-0.4, -0.2) is 29.1 Å². The van der Waals surface area contributed by atoms with Crippen LogP contribution >= 0.6 is 0 Å². The lowest BCUT2D eigenvalue weighted by molar-refractivity contribution is -0.137. The standard InChI is InChI=1S/C24H31F3N2/c1-22(2)14-21(15-23(3,4)29(22)5)28-16-17-6-8-18(9-7-17)19-10-12-20(13-11-19)24(25,26)27/h6-13,21,28H,14-16H2,1-5H3. The summed E-state index contributed by atoms with van der Waals surface area (Å²) in [6.45, 7) is 9.96. The normalized spacial score (nSPS) is 20.0. The lowest BCUT2D eigenvalue weighted by atomic mass is 9.77. The third-order valence-corrected chi connectivity index (χ3v) is 6.40. The molecule has 2 nitrogen and oxygen atoms in total. The Morgan fingerprint density at radius 3 is 1.76 bits per heavy atom. The second-order valence-corrected chi connectivity index (χ2v) is 9.44. The molecule has 158 valence electrons. The van der Waals surface area contributed by atoms with E-state index < -0.39 is 11.7 Å². The van der Waals surface area contributed by atoms with Crippen LogP contribution in [0.2, 0.25) is 0 Å². The molecular formula is C24H31F3N2. The molecule has 0 aliphatic carbocycles. The molecule has 0 bridgehead atoms. The summed E-state index contributed by atoms with van der Waals surface area (Å²) in [6.07, 6.45) is -2.11. The zero-order chi connectivity index (χ0) is 21.4. The van der Waals surface area contributed by atoms with Crippen LogP contribution in [0.15, 0.2) is 48.5 Å². The van der Waals surface area contributed by atoms with Gasteiger partial charge in [-0.3, -0.25) is 4.90 Å². The second-order valence-electron chi connectivity index (χ2n) is 9.44. The van der Waals surface area contributed by atoms with E-state index in [0.717, 1.165) is 42.6 Å². The van der Waals surface area contributed by atoms with Gasteiger partial charge in [0, 0.05) is 23.7 Å². The van der Waals surface area contributed by atoms with Gasteiger partial charge >= 0.3 is 6.18 Å². The summed E-state index contributed by atoms with van der Waals surface area (Å²) in [5.41, 5.74) is 2.55. The van der Waals surface area contributed by atoms with Gasteiger partial charge < -0.3 is 5.32 Å². The molecule has 29 heavy (non-hydrogen) atoms. The summed E-state index contributed by atoms with van der Waals surface area (Å²) in [4.78, 5) is 2.47. The Bertz CT molecular complexity index is 803. The molecule has 1 aliphatic heterocycles. The number of rotatable bonds is 4. The Hall–Kier alpha value is -1.85. The van der Waals surface area contributed by atoms with Crippen molar-refractivity contribution in [1.29, 1.82) is 0 Å². The van der Waals surface area contributed by atoms with Crippen molar-refractivity contribution in [3.8, 4) is 11.1 Å². The van der Waals surface area contributed by atoms with Crippen LogP contribution in [-0.2, 0) is 12.7 Å². The molecule has 0 aromatic heterocycles. The van der Waals surface area contributed by atoms with E-state index in [1.54, 1.807) is 0 Å². The fourth-order valence-corrected chi connectivity index (χ4v) is 4.44. The lowest BCUT2D eigenvalue weighted by Gasteiger charge is -2.53. The fraction of sp³-hybridized carbons (Fsp3) is 0.500. The molecular weight excluding hydrogens is 373 g/mol. The summed E-state index contributed by atoms with van der Waals surface area (Å²) in [6, 6.07) is 13.8. The fourth-order valence-electron chi connectivity index (χ4n) is 4.44. The molecule has 1 fully saturated rings. The quantitative estimate of drug-likeness (QED) is 0.661. The van der Waals surface area contributed by atoms with Gasteiger partial charge in [-0.25, -0.2) is 0 Å². The van der Waals surface area contributed by atoms with Crippen LogP contribution in [0.1, 0.15) is 51.7 Å². The minimum Gasteiger partial charge on any atom is -0.310 e. The van der Waals surface area contributed by atoms with E-state index in [9.17, 15) is 13.2 Å². The summed E-state index contributed by atoms with van der Waals surface area (Å²) < 4.78 is 38.2. The lowest BCUT2D eigenvalue weighted by Crippen LogP contribution is -2.62. The molecule has 0 atom stereocenters. The molecule has 0 amide bonds. The van der Waals surface area contributed by atoms with Gasteiger partial charge in [0.15, 0.2) is 0 Å². The van der Waals surface area contributed by atoms with Crippen molar-refractivity contribution in [2.45, 2.75) is 70.4 Å². The minimum atomic E-state index is -4.30. The number of alkyl halides is 3. The maximum absolute atomic E-state index is 12.7. The van der Waals surface area contributed by atoms with Crippen molar-refractivity contribution in [2.75, 3.05) is 7.05 Å². The third-order valence-electron chi connectivity index (χ3n) is 6.40. The molecule has 1 heterocycles. The molecule has 1 N–H and O–H groups in total. The highest BCUT2D eigenvalue weighted by molar-refractivity contribution is 5.64. The zero-order valence-corrected chi connectivity index (χ0v) is 17.9. The Morgan fingerprint density at radius 2 is 1.31 bits per heavy atom. The number of piperidine rings is 1. The number of hydrogen-bond donors (Lipinski definition) is 1. The van der Waals surface area contributed by atoms with E-state index >= 15 is 0 Å². The average molecular weight is 405 g/mol. The predicted molar refractivity (Wildman–Crippen MR) is 113 cm³/mol. The maximum Gasteiger partial charge on any atom is 0.416 e. The van der Waals surface area contributed by atoms with Gasteiger partial charge in [0.25, 0.3) is 0 Å². The van der Waals surface area contributed by atoms with E-state index in [-0.39, 0.29) is 11.1 Å². The first-order chi connectivity index (χ1) is 13.4. The second kappa shape index (κ2) is 7.77. The van der Waals surface area contributed by atoms with E-state index in [1.807, 2.05) is 24.3 Å². The van der Waals surface area contributed by atoms with Crippen molar-refractivity contribution in [2.24, 2.45) is 0 Å². The highest BCUT2D eigenvalue weighted by Crippen LogP contribution is 2.37. The maximum atomic E-state index is 12.7. The number of likely N-dealkylation sites (tertiary alicyclic amines) is 1. The van der Waals surface area contributed by atoms with Gasteiger partial charge in [-0.05, 0) is 76.4 Å². The smallest absolute Gasteiger partial charge is 0.310 e. The molecule has 2 aromatic carbocycles. The molecule has 5 heteroatoms. The number of nitrogens with zero attached hydrogens (tertiary/aromatic N) is 1. The van der Waals surface area contributed by atoms with Crippen LogP contribution in [0.5, 0.6) is 0 Å². The van der Waals surface area contributed by atoms with Crippen LogP contribution in [0.25, 0.3) is 11.1 Å². The van der Waals surface area contributed by atoms with Crippen molar-refractivity contribution >= 4 is 0 Å². The minimum absolute atomic E-state index is 0.145. The Balaban J connectivity index is 1.63. The van der Waals surface area contributed by atoms with Gasteiger partial charge in [0.2, 0.25) is 0 Å². The summed E-state index contributed by atoms with van der Waals surface area (Å²) in [5.74, 6) is 0. The Labute approximate surface area is 172 Å². The van der Waals surface area contributed by atoms with E-state index in [1.165, 1.54) is 17.7 Å². The highest BCUT2D eigenvalue weighted by Gasteiger charge is 2.42. The number of nitrogens with one attached hydrogen (secondary N) is 1. The molecule has 0 radical (unpaired) electrons. The van der Waals surface area contributed by atoms with E-state index in [2.05, 4.69) is 45.0 Å². The van der Waals surface area contributed by atoms with Crippen molar-refractivity contribution in [3.05, 3.63) is 59.7 Å². The molecule has 1 saturated heterocycles. The predicted octanol–water partition coefficient (Wildman–Crippen LogP) is 6.11. The molecule has 0 unspecified atom stereocenters. The molecule has 0 spiro atoms. The molecule has 1 aliphatic rings. The Morgan fingerprint density at radius 1 is 0.862 bits per heavy atom. The summed E-state index contributed by atoms with van der Waals surface area (Å²) in [7, 11) is 2.20. The SMILES string of the molecule is CN1C(C)(C)CC(NCc2ccc(-c3ccc(C(F)(F)F)cc3)cc2)CC1(C)C. The van der Waals surface area contributed by atoms with Gasteiger partial charge in [-0.15, -0.1) is 0 Å². The van der Waals surface area contributed by atoms with Gasteiger partial charge in [0.1, 0.15) is 0 Å². The van der Waals surface area contributed by atoms with E-state index in [4.69, 9.17) is 0 Å². The Kier molecular flexibility index (Phi) is 5.85. The molecule has 2 aromatic rings. The monoisotopic (exact) mass is 404 g/mol. The largest absolute Gasteiger partial charge is 0.416 e. The highest BCUT2D eigenvalue weighted by atomic mass is 19.4. The summed E-state index contributed by atoms with van der Waals surface area (Å²) >= 11 is 0. The molecule has 0 saturated carbocycles. The number of benzene rings is 2. The topological polar surface area (TPSA) is 15.3 Å². The number of hydrogen-bond acceptors (Lipinski definition) is 2. The molecule has 3 rings (SSSR count). The van der Waals surface area contributed by atoms with Crippen molar-refractivity contribution < 1.29 is 13.2 Å². The first kappa shape index (κ1) is 21.8. The van der Waals surface area contributed by atoms with Crippen LogP contribution in [0.3, 0.4) is 0 Å². The third kappa shape index (κ3) is 5.01. The van der Waals surface area contributed by atoms with Crippen LogP contribution < -0.4 is 5.32 Å². The van der Waals surface area contributed by atoms with Crippen LogP contribution in [0.4, 0.5) is 13.2 Å². The van der Waals surface area contributed by atoms with Crippen molar-refractivity contribution in [3.63, 3.8) is 0 Å². The zero-order valence-electron chi connectivity index (χ0n) is 17.9. The van der Waals surface area contributed by atoms with Crippen molar-refractivity contribution in [1.82, 2.24) is 10.2 Å². The average Bonchev–Trinajstić information content (AvgIpc) is 2.64. The van der Waals surface area contributed by atoms with Crippen LogP contribution in [0, 0.1) is 0 Å². The van der Waals surface area contributed by atoms with Gasteiger partial charge in [0.05, 0.1) is 5.56 Å². The first-order valence-electron chi connectivity index (χ1n) is 10.1. The van der Waals surface area contributed by atoms with E-state index in [0.29, 0.717) is 6.04 Å². The first-order valence-corrected chi connectivity index (χ1v) is 10.1. The summed E-state index contributed by atoms with van der Waals surface area (Å²) in [5, 5.41) is 3.70.